The summed E-state index contributed by atoms with van der Waals surface area (Å²) in [5, 5.41) is 18.5. The standard InChI is InChI=1S/C25H25N4O4P.C18H21O5P.C7H7N5O/c1-3-33-34(2,32)21-12-10-19(11-13-21)23(18-8-5-4-6-9-18)22(30)16-20-17-26-25(28-24(20)31)29-15-7-14-27-29;1-3-22-24(21,23-4-2)16-12-10-15(11-13-16)17(18(19)20)14-8-6-5-7-9-14;8-5-4-9-7(11-6(5)13)12-3-1-2-10-12/h4-15,17,23H,3,16H2,1-2H3,(H,26,28,31);5-13,17H,3-4H2,1-2H3,(H,19,20);1-4H,8H2,(H,9,11,13). The molecule has 0 aliphatic carbocycles. The summed E-state index contributed by atoms with van der Waals surface area (Å²) < 4.78 is 44.4. The van der Waals surface area contributed by atoms with E-state index in [0.29, 0.717) is 34.3 Å². The van der Waals surface area contributed by atoms with E-state index in [0.717, 1.165) is 11.1 Å². The van der Waals surface area contributed by atoms with Crippen LogP contribution >= 0.6 is 15.0 Å². The molecule has 4 heterocycles. The molecule has 71 heavy (non-hydrogen) atoms. The Morgan fingerprint density at radius 2 is 1.07 bits per heavy atom. The first-order valence-electron chi connectivity index (χ1n) is 22.3. The van der Waals surface area contributed by atoms with Crippen molar-refractivity contribution in [2.75, 3.05) is 32.2 Å². The quantitative estimate of drug-likeness (QED) is 0.0644. The minimum atomic E-state index is -3.36. The second kappa shape index (κ2) is 24.8. The van der Waals surface area contributed by atoms with Gasteiger partial charge in [-0.25, -0.2) is 19.3 Å². The van der Waals surface area contributed by atoms with Crippen molar-refractivity contribution < 1.29 is 37.4 Å². The smallest absolute Gasteiger partial charge is 0.361 e. The highest BCUT2D eigenvalue weighted by atomic mass is 31.2. The molecule has 8 rings (SSSR count). The number of nitrogen functional groups attached to an aromatic ring is 1. The highest BCUT2D eigenvalue weighted by Gasteiger charge is 2.29. The molecular weight excluding hydrogens is 949 g/mol. The lowest BCUT2D eigenvalue weighted by molar-refractivity contribution is -0.137. The number of aliphatic carboxylic acids is 1. The molecule has 4 aromatic carbocycles. The zero-order chi connectivity index (χ0) is 51.0. The molecule has 4 aromatic heterocycles. The highest BCUT2D eigenvalue weighted by Crippen LogP contribution is 2.47. The molecule has 0 saturated carbocycles. The molecule has 0 spiro atoms. The van der Waals surface area contributed by atoms with Crippen LogP contribution in [-0.2, 0) is 38.7 Å². The average Bonchev–Trinajstić information content (AvgIpc) is 4.12. The van der Waals surface area contributed by atoms with Gasteiger partial charge in [-0.1, -0.05) is 84.9 Å². The molecule has 21 heteroatoms. The van der Waals surface area contributed by atoms with Crippen molar-refractivity contribution in [2.45, 2.75) is 39.0 Å². The Hall–Kier alpha value is -7.66. The molecule has 0 fully saturated rings. The van der Waals surface area contributed by atoms with Crippen LogP contribution in [0.2, 0.25) is 0 Å². The number of carboxylic acids is 1. The van der Waals surface area contributed by atoms with Crippen molar-refractivity contribution in [2.24, 2.45) is 0 Å². The Kier molecular flexibility index (Phi) is 18.4. The van der Waals surface area contributed by atoms with Crippen molar-refractivity contribution in [3.8, 4) is 11.9 Å². The number of hydrogen-bond acceptors (Lipinski definition) is 14. The molecule has 0 bridgehead atoms. The van der Waals surface area contributed by atoms with Gasteiger partial charge in [-0.15, -0.1) is 0 Å². The Morgan fingerprint density at radius 3 is 1.52 bits per heavy atom. The van der Waals surface area contributed by atoms with Crippen LogP contribution in [0.1, 0.15) is 60.4 Å². The first-order chi connectivity index (χ1) is 34.2. The van der Waals surface area contributed by atoms with Crippen molar-refractivity contribution in [1.29, 1.82) is 0 Å². The third-order valence-electron chi connectivity index (χ3n) is 10.5. The first kappa shape index (κ1) is 52.7. The van der Waals surface area contributed by atoms with Gasteiger partial charge in [-0.3, -0.25) is 38.3 Å². The van der Waals surface area contributed by atoms with Crippen molar-refractivity contribution in [3.05, 3.63) is 207 Å². The minimum absolute atomic E-state index is 0.0890. The second-order valence-corrected chi connectivity index (χ2v) is 19.9. The van der Waals surface area contributed by atoms with Crippen molar-refractivity contribution >= 4 is 43.0 Å². The van der Waals surface area contributed by atoms with Gasteiger partial charge in [-0.05, 0) is 79.4 Å². The van der Waals surface area contributed by atoms with Gasteiger partial charge in [0.15, 0.2) is 0 Å². The van der Waals surface area contributed by atoms with Crippen LogP contribution in [0.3, 0.4) is 0 Å². The van der Waals surface area contributed by atoms with E-state index in [9.17, 15) is 33.4 Å². The SMILES string of the molecule is CCOP(=O)(OCC)c1ccc(C(C(=O)O)c2ccccc2)cc1.CCOP(C)(=O)c1ccc(C(C(=O)Cc2cnc(-n3cccn3)[nH]c2=O)c2ccccc2)cc1.Nc1cnc(-n2cccn2)[nH]c1=O. The van der Waals surface area contributed by atoms with E-state index in [1.165, 1.54) is 21.8 Å². The fraction of sp³-hybridized carbons (Fsp3) is 0.200. The molecule has 0 aliphatic rings. The van der Waals surface area contributed by atoms with Crippen molar-refractivity contribution in [1.82, 2.24) is 39.5 Å². The number of carbonyl (C=O) groups is 2. The topological polar surface area (TPSA) is 269 Å². The van der Waals surface area contributed by atoms with Gasteiger partial charge in [0.1, 0.15) is 17.4 Å². The second-order valence-electron chi connectivity index (χ2n) is 15.4. The summed E-state index contributed by atoms with van der Waals surface area (Å²) >= 11 is 0. The van der Waals surface area contributed by atoms with Gasteiger partial charge in [0.2, 0.25) is 19.3 Å². The van der Waals surface area contributed by atoms with Crippen LogP contribution in [0.5, 0.6) is 0 Å². The molecule has 5 N–H and O–H groups in total. The molecule has 19 nitrogen and oxygen atoms in total. The van der Waals surface area contributed by atoms with Gasteiger partial charge in [0.05, 0.1) is 37.2 Å². The maximum Gasteiger partial charge on any atom is 0.361 e. The number of nitrogens with two attached hydrogens (primary N) is 1. The zero-order valence-corrected chi connectivity index (χ0v) is 41.1. The third-order valence-corrected chi connectivity index (χ3v) is 14.6. The van der Waals surface area contributed by atoms with Crippen LogP contribution < -0.4 is 27.5 Å². The number of hydrogen-bond donors (Lipinski definition) is 4. The number of ketones is 1. The van der Waals surface area contributed by atoms with Crippen LogP contribution in [0.25, 0.3) is 11.9 Å². The van der Waals surface area contributed by atoms with E-state index in [2.05, 4.69) is 30.1 Å². The summed E-state index contributed by atoms with van der Waals surface area (Å²) in [4.78, 5) is 62.2. The van der Waals surface area contributed by atoms with Gasteiger partial charge < -0.3 is 24.4 Å². The minimum Gasteiger partial charge on any atom is -0.481 e. The monoisotopic (exact) mass is 1000 g/mol. The number of nitrogens with zero attached hydrogens (tertiary/aromatic N) is 6. The Morgan fingerprint density at radius 1 is 0.620 bits per heavy atom. The van der Waals surface area contributed by atoms with E-state index in [1.807, 2.05) is 36.4 Å². The van der Waals surface area contributed by atoms with Crippen LogP contribution in [0, 0.1) is 0 Å². The summed E-state index contributed by atoms with van der Waals surface area (Å²) in [6, 6.07) is 35.4. The molecule has 8 aromatic rings. The number of aromatic nitrogens is 8. The maximum absolute atomic E-state index is 13.5. The largest absolute Gasteiger partial charge is 0.481 e. The number of Topliss-reactive ketones (excluding diaryl/α,β-unsaturated/α-hetero) is 1. The Labute approximate surface area is 408 Å². The van der Waals surface area contributed by atoms with E-state index in [-0.39, 0.29) is 53.7 Å². The summed E-state index contributed by atoms with van der Waals surface area (Å²) in [5.74, 6) is -1.83. The number of anilines is 1. The highest BCUT2D eigenvalue weighted by molar-refractivity contribution is 7.66. The van der Waals surface area contributed by atoms with E-state index >= 15 is 0 Å². The van der Waals surface area contributed by atoms with Gasteiger partial charge in [-0.2, -0.15) is 10.2 Å². The van der Waals surface area contributed by atoms with Crippen LogP contribution in [0.4, 0.5) is 5.69 Å². The summed E-state index contributed by atoms with van der Waals surface area (Å²) in [5.41, 5.74) is 7.77. The Bertz CT molecular complexity index is 3180. The summed E-state index contributed by atoms with van der Waals surface area (Å²) in [6.45, 7) is 7.75. The molecule has 0 amide bonds. The lowest BCUT2D eigenvalue weighted by Gasteiger charge is -2.19. The van der Waals surface area contributed by atoms with E-state index < -0.39 is 32.8 Å². The number of nitrogens with one attached hydrogen (secondary N) is 2. The first-order valence-corrected chi connectivity index (χ1v) is 25.9. The maximum atomic E-state index is 13.5. The molecule has 0 saturated heterocycles. The fourth-order valence-electron chi connectivity index (χ4n) is 7.21. The average molecular weight is 1000 g/mol. The predicted octanol–water partition coefficient (Wildman–Crippen LogP) is 6.80. The number of benzene rings is 4. The molecule has 3 unspecified atom stereocenters. The number of carbonyl (C=O) groups excluding carboxylic acids is 1. The van der Waals surface area contributed by atoms with Gasteiger partial charge >= 0.3 is 13.6 Å². The number of H-pyrrole nitrogens is 2. The third kappa shape index (κ3) is 13.8. The number of rotatable bonds is 18. The van der Waals surface area contributed by atoms with E-state index in [1.54, 1.807) is 137 Å². The molecule has 0 radical (unpaired) electrons. The summed E-state index contributed by atoms with van der Waals surface area (Å²) in [6.07, 6.45) is 9.14. The molecule has 0 aliphatic heterocycles. The fourth-order valence-corrected chi connectivity index (χ4v) is 10.1. The lowest BCUT2D eigenvalue weighted by Crippen LogP contribution is -2.23. The normalized spacial score (nSPS) is 12.8. The number of aromatic amines is 2. The van der Waals surface area contributed by atoms with Crippen LogP contribution in [0.15, 0.2) is 168 Å². The Balaban J connectivity index is 0.000000193. The van der Waals surface area contributed by atoms with Gasteiger partial charge in [0, 0.05) is 54.9 Å². The van der Waals surface area contributed by atoms with Gasteiger partial charge in [0.25, 0.3) is 11.1 Å². The molecule has 3 atom stereocenters. The van der Waals surface area contributed by atoms with Crippen molar-refractivity contribution in [3.63, 3.8) is 0 Å². The molecular formula is C50H53N9O10P2. The van der Waals surface area contributed by atoms with Crippen LogP contribution in [-0.4, -0.2) is 82.8 Å². The molecule has 368 valence electrons. The predicted molar refractivity (Wildman–Crippen MR) is 269 cm³/mol. The summed E-state index contributed by atoms with van der Waals surface area (Å²) in [7, 11) is -6.29. The zero-order valence-electron chi connectivity index (χ0n) is 39.3. The van der Waals surface area contributed by atoms with E-state index in [4.69, 9.17) is 19.3 Å². The lowest BCUT2D eigenvalue weighted by atomic mass is 9.85. The number of carboxylic acid groups (broad SMARTS) is 1.